The molecule has 4 rings (SSSR count). The zero-order valence-electron chi connectivity index (χ0n) is 15.2. The molecule has 1 aromatic carbocycles. The maximum absolute atomic E-state index is 12.6. The van der Waals surface area contributed by atoms with Crippen LogP contribution in [0.4, 0.5) is 0 Å². The zero-order chi connectivity index (χ0) is 18.4. The van der Waals surface area contributed by atoms with E-state index in [0.717, 1.165) is 35.3 Å². The van der Waals surface area contributed by atoms with E-state index >= 15 is 0 Å². The van der Waals surface area contributed by atoms with Crippen LogP contribution < -0.4 is 5.32 Å². The minimum absolute atomic E-state index is 0.0392. The highest BCUT2D eigenvalue weighted by Crippen LogP contribution is 2.36. The topological polar surface area (TPSA) is 95.8 Å². The van der Waals surface area contributed by atoms with Crippen molar-refractivity contribution in [1.82, 2.24) is 25.1 Å². The molecule has 0 bridgehead atoms. The normalized spacial score (nSPS) is 19.5. The number of hydrogen-bond donors (Lipinski definition) is 3. The first-order chi connectivity index (χ1) is 12.5. The van der Waals surface area contributed by atoms with E-state index in [-0.39, 0.29) is 24.5 Å². The number of carbonyl (C=O) groups excluding carboxylic acids is 1. The first kappa shape index (κ1) is 16.8. The molecule has 3 N–H and O–H groups in total. The summed E-state index contributed by atoms with van der Waals surface area (Å²) in [5.74, 6) is 1.68. The van der Waals surface area contributed by atoms with Gasteiger partial charge in [0.2, 0.25) is 0 Å². The van der Waals surface area contributed by atoms with Crippen LogP contribution in [-0.2, 0) is 13.7 Å². The lowest BCUT2D eigenvalue weighted by molar-refractivity contribution is 0.0907. The molecule has 7 nitrogen and oxygen atoms in total. The van der Waals surface area contributed by atoms with Crippen LogP contribution in [0, 0.1) is 13.8 Å². The number of benzene rings is 1. The van der Waals surface area contributed by atoms with E-state index in [1.165, 1.54) is 5.56 Å². The molecule has 1 aliphatic rings. The van der Waals surface area contributed by atoms with E-state index in [2.05, 4.69) is 27.4 Å². The van der Waals surface area contributed by atoms with Gasteiger partial charge in [-0.25, -0.2) is 0 Å². The van der Waals surface area contributed by atoms with Crippen LogP contribution >= 0.6 is 0 Å². The molecule has 0 saturated heterocycles. The second-order valence-corrected chi connectivity index (χ2v) is 7.17. The molecule has 2 heterocycles. The van der Waals surface area contributed by atoms with Gasteiger partial charge in [0.15, 0.2) is 5.82 Å². The number of H-pyrrole nitrogens is 1. The summed E-state index contributed by atoms with van der Waals surface area (Å²) in [6.07, 6.45) is 1.68. The van der Waals surface area contributed by atoms with Crippen LogP contribution in [0.3, 0.4) is 0 Å². The Morgan fingerprint density at radius 2 is 2.12 bits per heavy atom. The fourth-order valence-electron chi connectivity index (χ4n) is 3.69. The smallest absolute Gasteiger partial charge is 0.251 e. The third-order valence-corrected chi connectivity index (χ3v) is 5.55. The van der Waals surface area contributed by atoms with Crippen molar-refractivity contribution in [2.45, 2.75) is 45.3 Å². The predicted octanol–water partition coefficient (Wildman–Crippen LogP) is 2.08. The number of hydrogen-bond acceptors (Lipinski definition) is 4. The van der Waals surface area contributed by atoms with Gasteiger partial charge in [-0.05, 0) is 50.5 Å². The van der Waals surface area contributed by atoms with Gasteiger partial charge in [-0.1, -0.05) is 0 Å². The van der Waals surface area contributed by atoms with Crippen LogP contribution in [0.2, 0.25) is 0 Å². The molecule has 7 heteroatoms. The van der Waals surface area contributed by atoms with Crippen molar-refractivity contribution in [3.8, 4) is 0 Å². The predicted molar refractivity (Wildman–Crippen MR) is 97.9 cm³/mol. The third-order valence-electron chi connectivity index (χ3n) is 5.55. The molecular weight excluding hydrogens is 330 g/mol. The lowest BCUT2D eigenvalue weighted by Gasteiger charge is -2.35. The van der Waals surface area contributed by atoms with E-state index in [0.29, 0.717) is 11.4 Å². The van der Waals surface area contributed by atoms with Crippen molar-refractivity contribution >= 4 is 16.8 Å². The van der Waals surface area contributed by atoms with Gasteiger partial charge in [-0.15, -0.1) is 10.2 Å². The highest BCUT2D eigenvalue weighted by molar-refractivity contribution is 5.99. The number of fused-ring (bicyclic) bond motifs is 1. The second-order valence-electron chi connectivity index (χ2n) is 7.17. The number of aromatic nitrogens is 4. The summed E-state index contributed by atoms with van der Waals surface area (Å²) in [5.41, 5.74) is 4.05. The summed E-state index contributed by atoms with van der Waals surface area (Å²) in [4.78, 5) is 15.9. The molecule has 3 aromatic rings. The van der Waals surface area contributed by atoms with Crippen LogP contribution in [0.1, 0.15) is 52.0 Å². The Hall–Kier alpha value is -2.67. The van der Waals surface area contributed by atoms with Crippen molar-refractivity contribution in [3.63, 3.8) is 0 Å². The fourth-order valence-corrected chi connectivity index (χ4v) is 3.69. The molecule has 2 aromatic heterocycles. The Kier molecular flexibility index (Phi) is 4.03. The minimum atomic E-state index is -0.114. The van der Waals surface area contributed by atoms with Crippen molar-refractivity contribution in [1.29, 1.82) is 0 Å². The van der Waals surface area contributed by atoms with Gasteiger partial charge in [0, 0.05) is 41.2 Å². The van der Waals surface area contributed by atoms with Crippen LogP contribution in [0.25, 0.3) is 10.9 Å². The largest absolute Gasteiger partial charge is 0.388 e. The number of nitrogens with zero attached hydrogens (tertiary/aromatic N) is 3. The third kappa shape index (κ3) is 2.68. The Bertz CT molecular complexity index is 981. The summed E-state index contributed by atoms with van der Waals surface area (Å²) in [6.45, 7) is 3.99. The summed E-state index contributed by atoms with van der Waals surface area (Å²) in [6, 6.07) is 5.92. The number of carbonyl (C=O) groups is 1. The summed E-state index contributed by atoms with van der Waals surface area (Å²) in [5, 5.41) is 21.6. The average Bonchev–Trinajstić information content (AvgIpc) is 3.10. The molecule has 136 valence electrons. The molecular formula is C19H23N5O2. The zero-order valence-corrected chi connectivity index (χ0v) is 15.2. The monoisotopic (exact) mass is 353 g/mol. The van der Waals surface area contributed by atoms with Gasteiger partial charge in [-0.3, -0.25) is 4.79 Å². The molecule has 1 saturated carbocycles. The van der Waals surface area contributed by atoms with Gasteiger partial charge in [0.05, 0.1) is 0 Å². The van der Waals surface area contributed by atoms with Gasteiger partial charge >= 0.3 is 0 Å². The first-order valence-electron chi connectivity index (χ1n) is 8.86. The van der Waals surface area contributed by atoms with E-state index < -0.39 is 0 Å². The molecule has 26 heavy (non-hydrogen) atoms. The standard InChI is InChI=1S/C19H23N5O2/c1-10-11(2)20-16-5-4-12(8-15(10)16)19(26)21-14-6-13(7-14)18-23-22-17(9-25)24(18)3/h4-5,8,13-14,20,25H,6-7,9H2,1-3H3,(H,21,26). The Morgan fingerprint density at radius 1 is 1.35 bits per heavy atom. The molecule has 0 aliphatic heterocycles. The number of aromatic amines is 1. The van der Waals surface area contributed by atoms with E-state index in [9.17, 15) is 9.90 Å². The quantitative estimate of drug-likeness (QED) is 0.669. The summed E-state index contributed by atoms with van der Waals surface area (Å²) < 4.78 is 1.84. The van der Waals surface area contributed by atoms with Gasteiger partial charge in [0.1, 0.15) is 12.4 Å². The number of nitrogens with one attached hydrogen (secondary N) is 2. The van der Waals surface area contributed by atoms with Crippen LogP contribution in [0.5, 0.6) is 0 Å². The number of aliphatic hydroxyl groups excluding tert-OH is 1. The Balaban J connectivity index is 1.42. The van der Waals surface area contributed by atoms with Crippen molar-refractivity contribution in [3.05, 3.63) is 46.7 Å². The lowest BCUT2D eigenvalue weighted by Crippen LogP contribution is -2.44. The molecule has 0 spiro atoms. The maximum atomic E-state index is 12.6. The van der Waals surface area contributed by atoms with Crippen molar-refractivity contribution in [2.24, 2.45) is 7.05 Å². The number of amides is 1. The molecule has 0 unspecified atom stereocenters. The fraction of sp³-hybridized carbons (Fsp3) is 0.421. The molecule has 1 amide bonds. The van der Waals surface area contributed by atoms with Gasteiger partial charge < -0.3 is 20.0 Å². The van der Waals surface area contributed by atoms with E-state index in [1.54, 1.807) is 0 Å². The summed E-state index contributed by atoms with van der Waals surface area (Å²) in [7, 11) is 1.86. The Labute approximate surface area is 151 Å². The second kappa shape index (κ2) is 6.25. The maximum Gasteiger partial charge on any atom is 0.251 e. The van der Waals surface area contributed by atoms with E-state index in [4.69, 9.17) is 0 Å². The van der Waals surface area contributed by atoms with Gasteiger partial charge in [-0.2, -0.15) is 0 Å². The highest BCUT2D eigenvalue weighted by atomic mass is 16.3. The average molecular weight is 353 g/mol. The number of aliphatic hydroxyl groups is 1. The summed E-state index contributed by atoms with van der Waals surface area (Å²) >= 11 is 0. The number of aryl methyl sites for hydroxylation is 2. The van der Waals surface area contributed by atoms with Gasteiger partial charge in [0.25, 0.3) is 5.91 Å². The number of rotatable bonds is 4. The highest BCUT2D eigenvalue weighted by Gasteiger charge is 2.35. The van der Waals surface area contributed by atoms with Crippen molar-refractivity contribution < 1.29 is 9.90 Å². The molecule has 1 fully saturated rings. The van der Waals surface area contributed by atoms with Crippen LogP contribution in [-0.4, -0.2) is 36.8 Å². The Morgan fingerprint density at radius 3 is 2.81 bits per heavy atom. The molecule has 1 aliphatic carbocycles. The van der Waals surface area contributed by atoms with Crippen LogP contribution in [0.15, 0.2) is 18.2 Å². The first-order valence-corrected chi connectivity index (χ1v) is 8.86. The lowest BCUT2D eigenvalue weighted by atomic mass is 9.79. The van der Waals surface area contributed by atoms with E-state index in [1.807, 2.05) is 36.7 Å². The minimum Gasteiger partial charge on any atom is -0.388 e. The molecule has 0 radical (unpaired) electrons. The molecule has 0 atom stereocenters. The van der Waals surface area contributed by atoms with Crippen molar-refractivity contribution in [2.75, 3.05) is 0 Å². The SMILES string of the molecule is Cc1[nH]c2ccc(C(=O)NC3CC(c4nnc(CO)n4C)C3)cc2c1C.